The van der Waals surface area contributed by atoms with Gasteiger partial charge in [-0.1, -0.05) is 51.1 Å². The summed E-state index contributed by atoms with van der Waals surface area (Å²) in [5.74, 6) is 0.639. The third-order valence-electron chi connectivity index (χ3n) is 2.75. The zero-order valence-corrected chi connectivity index (χ0v) is 9.46. The molecular weight excluding hydrogens is 170 g/mol. The summed E-state index contributed by atoms with van der Waals surface area (Å²) in [6, 6.07) is 10.4. The molecule has 0 aromatic heterocycles. The summed E-state index contributed by atoms with van der Waals surface area (Å²) in [6.45, 7) is 6.61. The molecule has 0 aliphatic carbocycles. The van der Waals surface area contributed by atoms with E-state index < -0.39 is 0 Å². The summed E-state index contributed by atoms with van der Waals surface area (Å²) >= 11 is 0. The van der Waals surface area contributed by atoms with Gasteiger partial charge in [-0.05, 0) is 24.3 Å². The second-order valence-electron chi connectivity index (χ2n) is 4.47. The maximum atomic E-state index is 6.42. The molecule has 0 aliphatic heterocycles. The van der Waals surface area contributed by atoms with Crippen LogP contribution in [-0.4, -0.2) is 0 Å². The van der Waals surface area contributed by atoms with Crippen LogP contribution >= 0.6 is 0 Å². The van der Waals surface area contributed by atoms with E-state index in [0.29, 0.717) is 5.92 Å². The Morgan fingerprint density at radius 2 is 1.79 bits per heavy atom. The van der Waals surface area contributed by atoms with Gasteiger partial charge in [0, 0.05) is 5.54 Å². The van der Waals surface area contributed by atoms with E-state index in [0.717, 1.165) is 12.8 Å². The highest BCUT2D eigenvalue weighted by Gasteiger charge is 2.25. The second kappa shape index (κ2) is 4.61. The van der Waals surface area contributed by atoms with E-state index in [1.807, 2.05) is 6.07 Å². The largest absolute Gasteiger partial charge is 0.321 e. The lowest BCUT2D eigenvalue weighted by Gasteiger charge is -2.30. The minimum absolute atomic E-state index is 0.143. The van der Waals surface area contributed by atoms with E-state index in [1.165, 1.54) is 5.56 Å². The molecule has 0 heterocycles. The van der Waals surface area contributed by atoms with Gasteiger partial charge in [0.25, 0.3) is 0 Å². The summed E-state index contributed by atoms with van der Waals surface area (Å²) in [5, 5.41) is 0. The summed E-state index contributed by atoms with van der Waals surface area (Å²) in [5.41, 5.74) is 7.54. The van der Waals surface area contributed by atoms with Crippen LogP contribution in [0.5, 0.6) is 0 Å². The van der Waals surface area contributed by atoms with Crippen molar-refractivity contribution in [2.45, 2.75) is 39.2 Å². The van der Waals surface area contributed by atoms with Crippen molar-refractivity contribution >= 4 is 0 Å². The Kier molecular flexibility index (Phi) is 3.70. The van der Waals surface area contributed by atoms with Crippen molar-refractivity contribution in [1.29, 1.82) is 0 Å². The second-order valence-corrected chi connectivity index (χ2v) is 4.47. The predicted octanol–water partition coefficient (Wildman–Crippen LogP) is 3.30. The molecule has 0 radical (unpaired) electrons. The molecule has 1 atom stereocenters. The Bertz CT molecular complexity index is 266. The lowest BCUT2D eigenvalue weighted by Crippen LogP contribution is -2.37. The van der Waals surface area contributed by atoms with Gasteiger partial charge in [0.15, 0.2) is 0 Å². The Morgan fingerprint density at radius 3 is 2.21 bits per heavy atom. The van der Waals surface area contributed by atoms with Gasteiger partial charge in [-0.25, -0.2) is 0 Å². The molecular formula is C13H21N. The van der Waals surface area contributed by atoms with Gasteiger partial charge < -0.3 is 5.73 Å². The third kappa shape index (κ3) is 2.58. The summed E-state index contributed by atoms with van der Waals surface area (Å²) < 4.78 is 0. The first-order chi connectivity index (χ1) is 6.58. The monoisotopic (exact) mass is 191 g/mol. The van der Waals surface area contributed by atoms with Crippen LogP contribution in [0.2, 0.25) is 0 Å². The molecule has 0 bridgehead atoms. The normalized spacial score (nSPS) is 15.5. The van der Waals surface area contributed by atoms with Crippen LogP contribution in [0.15, 0.2) is 30.3 Å². The summed E-state index contributed by atoms with van der Waals surface area (Å²) in [4.78, 5) is 0. The Labute approximate surface area is 87.3 Å². The van der Waals surface area contributed by atoms with Crippen molar-refractivity contribution in [1.82, 2.24) is 0 Å². The van der Waals surface area contributed by atoms with Crippen molar-refractivity contribution in [3.05, 3.63) is 35.9 Å². The highest BCUT2D eigenvalue weighted by molar-refractivity contribution is 5.23. The van der Waals surface area contributed by atoms with Crippen LogP contribution in [-0.2, 0) is 5.54 Å². The Morgan fingerprint density at radius 1 is 1.21 bits per heavy atom. The van der Waals surface area contributed by atoms with Crippen molar-refractivity contribution in [2.24, 2.45) is 11.7 Å². The number of hydrogen-bond acceptors (Lipinski definition) is 1. The molecule has 1 unspecified atom stereocenters. The van der Waals surface area contributed by atoms with Gasteiger partial charge >= 0.3 is 0 Å². The van der Waals surface area contributed by atoms with Crippen LogP contribution in [0.1, 0.15) is 39.2 Å². The van der Waals surface area contributed by atoms with Crippen LogP contribution in [0.3, 0.4) is 0 Å². The standard InChI is InChI=1S/C13H21N/c1-4-13(14,10-11(2)3)12-8-6-5-7-9-12/h5-9,11H,4,10,14H2,1-3H3. The minimum Gasteiger partial charge on any atom is -0.321 e. The van der Waals surface area contributed by atoms with Crippen molar-refractivity contribution in [2.75, 3.05) is 0 Å². The van der Waals surface area contributed by atoms with E-state index in [2.05, 4.69) is 45.0 Å². The number of hydrogen-bond donors (Lipinski definition) is 1. The summed E-state index contributed by atoms with van der Waals surface area (Å²) in [7, 11) is 0. The van der Waals surface area contributed by atoms with Gasteiger partial charge in [0.05, 0.1) is 0 Å². The van der Waals surface area contributed by atoms with E-state index in [9.17, 15) is 0 Å². The van der Waals surface area contributed by atoms with E-state index in [-0.39, 0.29) is 5.54 Å². The number of benzene rings is 1. The highest BCUT2D eigenvalue weighted by atomic mass is 14.7. The molecule has 2 N–H and O–H groups in total. The van der Waals surface area contributed by atoms with Crippen LogP contribution in [0.4, 0.5) is 0 Å². The molecule has 0 fully saturated rings. The van der Waals surface area contributed by atoms with Gasteiger partial charge in [-0.3, -0.25) is 0 Å². The molecule has 0 aliphatic rings. The van der Waals surface area contributed by atoms with Crippen molar-refractivity contribution in [3.8, 4) is 0 Å². The lowest BCUT2D eigenvalue weighted by molar-refractivity contribution is 0.338. The first-order valence-electron chi connectivity index (χ1n) is 5.43. The maximum Gasteiger partial charge on any atom is 0.0409 e. The van der Waals surface area contributed by atoms with E-state index in [1.54, 1.807) is 0 Å². The Balaban J connectivity index is 2.90. The van der Waals surface area contributed by atoms with Gasteiger partial charge in [0.1, 0.15) is 0 Å². The number of nitrogens with two attached hydrogens (primary N) is 1. The fourth-order valence-electron chi connectivity index (χ4n) is 1.96. The van der Waals surface area contributed by atoms with Gasteiger partial charge in [0.2, 0.25) is 0 Å². The smallest absolute Gasteiger partial charge is 0.0409 e. The fourth-order valence-corrected chi connectivity index (χ4v) is 1.96. The quantitative estimate of drug-likeness (QED) is 0.776. The molecule has 1 aromatic carbocycles. The molecule has 1 heteroatoms. The van der Waals surface area contributed by atoms with Gasteiger partial charge in [-0.15, -0.1) is 0 Å². The molecule has 1 nitrogen and oxygen atoms in total. The molecule has 14 heavy (non-hydrogen) atoms. The number of rotatable bonds is 4. The van der Waals surface area contributed by atoms with Crippen LogP contribution < -0.4 is 5.73 Å². The average Bonchev–Trinajstić information content (AvgIpc) is 2.18. The molecule has 1 rings (SSSR count). The van der Waals surface area contributed by atoms with Crippen LogP contribution in [0, 0.1) is 5.92 Å². The average molecular weight is 191 g/mol. The topological polar surface area (TPSA) is 26.0 Å². The zero-order chi connectivity index (χ0) is 10.6. The van der Waals surface area contributed by atoms with Crippen molar-refractivity contribution in [3.63, 3.8) is 0 Å². The van der Waals surface area contributed by atoms with E-state index >= 15 is 0 Å². The molecule has 1 aromatic rings. The first kappa shape index (κ1) is 11.3. The minimum atomic E-state index is -0.143. The third-order valence-corrected chi connectivity index (χ3v) is 2.75. The first-order valence-corrected chi connectivity index (χ1v) is 5.43. The SMILES string of the molecule is CCC(N)(CC(C)C)c1ccccc1. The molecule has 0 amide bonds. The van der Waals surface area contributed by atoms with Crippen LogP contribution in [0.25, 0.3) is 0 Å². The zero-order valence-electron chi connectivity index (χ0n) is 9.46. The molecule has 78 valence electrons. The fraction of sp³-hybridized carbons (Fsp3) is 0.538. The summed E-state index contributed by atoms with van der Waals surface area (Å²) in [6.07, 6.45) is 2.04. The van der Waals surface area contributed by atoms with Gasteiger partial charge in [-0.2, -0.15) is 0 Å². The van der Waals surface area contributed by atoms with E-state index in [4.69, 9.17) is 5.73 Å². The lowest BCUT2D eigenvalue weighted by atomic mass is 9.81. The van der Waals surface area contributed by atoms with Crippen molar-refractivity contribution < 1.29 is 0 Å². The Hall–Kier alpha value is -0.820. The highest BCUT2D eigenvalue weighted by Crippen LogP contribution is 2.28. The maximum absolute atomic E-state index is 6.42. The molecule has 0 saturated carbocycles. The molecule has 0 saturated heterocycles. The predicted molar refractivity (Wildman–Crippen MR) is 62.1 cm³/mol. The molecule has 0 spiro atoms.